The van der Waals surface area contributed by atoms with E-state index in [-0.39, 0.29) is 44.0 Å². The van der Waals surface area contributed by atoms with Crippen LogP contribution in [0.2, 0.25) is 0 Å². The first-order valence-corrected chi connectivity index (χ1v) is 28.3. The summed E-state index contributed by atoms with van der Waals surface area (Å²) in [5.74, 6) is -1.07. The monoisotopic (exact) mass is 1000 g/mol. The van der Waals surface area contributed by atoms with Gasteiger partial charge >= 0.3 is 17.9 Å². The molecule has 0 bridgehead atoms. The standard InChI is InChI=1S/C67H100O6/c1-4-7-10-13-16-19-22-25-27-29-31-32-33-34-36-37-39-42-45-48-51-54-57-60-66(69)72-63-64(62-71-65(68)59-56-53-50-47-44-41-24-21-18-15-12-9-6-3)73-67(70)61-58-55-52-49-46-43-40-38-35-30-28-26-23-20-17-14-11-8-5-2/h7-12,16-21,25-28,31-32,34-36,38-39,41-44,46,48,51,64H,4-6,13-15,22-24,29-30,33,37,40,45,47,49-50,52-63H2,1-3H3/b10-7-,11-8-,12-9-,19-16-,20-17-,21-18-,27-25-,28-26-,32-31-,36-34-,38-35-,42-39-,44-41-,46-43-,51-48-. The van der Waals surface area contributed by atoms with Crippen LogP contribution in [0.4, 0.5) is 0 Å². The molecular formula is C67H100O6. The van der Waals surface area contributed by atoms with Crippen LogP contribution in [0, 0.1) is 0 Å². The van der Waals surface area contributed by atoms with E-state index in [0.29, 0.717) is 19.3 Å². The van der Waals surface area contributed by atoms with Crippen LogP contribution in [-0.4, -0.2) is 37.2 Å². The minimum atomic E-state index is -0.843. The highest BCUT2D eigenvalue weighted by molar-refractivity contribution is 5.71. The van der Waals surface area contributed by atoms with Gasteiger partial charge in [0.2, 0.25) is 0 Å². The Kier molecular flexibility index (Phi) is 54.6. The molecule has 0 spiro atoms. The van der Waals surface area contributed by atoms with Gasteiger partial charge in [0.25, 0.3) is 0 Å². The summed E-state index contributed by atoms with van der Waals surface area (Å²) in [6.45, 7) is 6.16. The summed E-state index contributed by atoms with van der Waals surface area (Å²) in [6, 6.07) is 0. The Labute approximate surface area is 446 Å². The highest BCUT2D eigenvalue weighted by atomic mass is 16.6. The second kappa shape index (κ2) is 59.1. The van der Waals surface area contributed by atoms with Crippen molar-refractivity contribution in [2.75, 3.05) is 13.2 Å². The van der Waals surface area contributed by atoms with Gasteiger partial charge in [0, 0.05) is 19.3 Å². The normalized spacial score (nSPS) is 13.5. The van der Waals surface area contributed by atoms with Gasteiger partial charge in [-0.15, -0.1) is 0 Å². The number of carbonyl (C=O) groups is 3. The first-order chi connectivity index (χ1) is 36.0. The van der Waals surface area contributed by atoms with Gasteiger partial charge in [0.1, 0.15) is 13.2 Å². The summed E-state index contributed by atoms with van der Waals surface area (Å²) < 4.78 is 16.7. The van der Waals surface area contributed by atoms with E-state index >= 15 is 0 Å². The molecular weight excluding hydrogens is 901 g/mol. The third kappa shape index (κ3) is 57.3. The van der Waals surface area contributed by atoms with Crippen LogP contribution in [0.5, 0.6) is 0 Å². The Hall–Kier alpha value is -5.49. The molecule has 0 aromatic rings. The molecule has 0 aliphatic carbocycles. The number of esters is 3. The molecule has 0 aliphatic rings. The van der Waals surface area contributed by atoms with E-state index in [4.69, 9.17) is 14.2 Å². The minimum Gasteiger partial charge on any atom is -0.462 e. The van der Waals surface area contributed by atoms with Gasteiger partial charge in [0.15, 0.2) is 6.10 Å². The van der Waals surface area contributed by atoms with E-state index < -0.39 is 6.10 Å². The maximum absolute atomic E-state index is 12.8. The van der Waals surface area contributed by atoms with Gasteiger partial charge in [-0.3, -0.25) is 14.4 Å². The molecule has 1 unspecified atom stereocenters. The number of hydrogen-bond donors (Lipinski definition) is 0. The van der Waals surface area contributed by atoms with Crippen LogP contribution in [0.25, 0.3) is 0 Å². The third-order valence-corrected chi connectivity index (χ3v) is 10.9. The molecule has 0 aliphatic heterocycles. The van der Waals surface area contributed by atoms with Crippen molar-refractivity contribution in [3.8, 4) is 0 Å². The smallest absolute Gasteiger partial charge is 0.306 e. The number of unbranched alkanes of at least 4 members (excludes halogenated alkanes) is 7. The number of allylic oxidation sites excluding steroid dienone is 30. The van der Waals surface area contributed by atoms with Crippen LogP contribution in [-0.2, 0) is 28.6 Å². The molecule has 0 amide bonds. The van der Waals surface area contributed by atoms with Crippen molar-refractivity contribution in [1.29, 1.82) is 0 Å². The molecule has 0 radical (unpaired) electrons. The molecule has 404 valence electrons. The Balaban J connectivity index is 4.60. The van der Waals surface area contributed by atoms with E-state index in [1.165, 1.54) is 0 Å². The van der Waals surface area contributed by atoms with Gasteiger partial charge in [-0.05, 0) is 148 Å². The lowest BCUT2D eigenvalue weighted by atomic mass is 10.1. The van der Waals surface area contributed by atoms with Crippen molar-refractivity contribution in [2.24, 2.45) is 0 Å². The zero-order chi connectivity index (χ0) is 52.9. The van der Waals surface area contributed by atoms with Crippen molar-refractivity contribution < 1.29 is 28.6 Å². The quantitative estimate of drug-likeness (QED) is 0.0262. The fourth-order valence-corrected chi connectivity index (χ4v) is 6.76. The highest BCUT2D eigenvalue weighted by Crippen LogP contribution is 2.11. The third-order valence-electron chi connectivity index (χ3n) is 10.9. The van der Waals surface area contributed by atoms with Crippen molar-refractivity contribution in [3.63, 3.8) is 0 Å². The summed E-state index contributed by atoms with van der Waals surface area (Å²) in [4.78, 5) is 38.1. The molecule has 6 nitrogen and oxygen atoms in total. The molecule has 73 heavy (non-hydrogen) atoms. The molecule has 0 saturated heterocycles. The van der Waals surface area contributed by atoms with E-state index in [0.717, 1.165) is 148 Å². The molecule has 0 saturated carbocycles. The first-order valence-electron chi connectivity index (χ1n) is 28.3. The average Bonchev–Trinajstić information content (AvgIpc) is 3.39. The van der Waals surface area contributed by atoms with Crippen molar-refractivity contribution in [3.05, 3.63) is 182 Å². The zero-order valence-electron chi connectivity index (χ0n) is 46.1. The summed E-state index contributed by atoms with van der Waals surface area (Å²) in [7, 11) is 0. The predicted molar refractivity (Wildman–Crippen MR) is 315 cm³/mol. The number of ether oxygens (including phenoxy) is 3. The van der Waals surface area contributed by atoms with E-state index in [1.807, 2.05) is 0 Å². The highest BCUT2D eigenvalue weighted by Gasteiger charge is 2.19. The maximum Gasteiger partial charge on any atom is 0.306 e. The summed E-state index contributed by atoms with van der Waals surface area (Å²) in [5.41, 5.74) is 0. The number of hydrogen-bond acceptors (Lipinski definition) is 6. The van der Waals surface area contributed by atoms with Crippen LogP contribution in [0.15, 0.2) is 182 Å². The molecule has 0 N–H and O–H groups in total. The zero-order valence-corrected chi connectivity index (χ0v) is 46.1. The van der Waals surface area contributed by atoms with Crippen LogP contribution in [0.1, 0.15) is 201 Å². The Morgan fingerprint density at radius 2 is 0.507 bits per heavy atom. The van der Waals surface area contributed by atoms with Gasteiger partial charge in [-0.25, -0.2) is 0 Å². The second-order valence-corrected chi connectivity index (χ2v) is 17.7. The van der Waals surface area contributed by atoms with E-state index in [1.54, 1.807) is 0 Å². The summed E-state index contributed by atoms with van der Waals surface area (Å²) >= 11 is 0. The Bertz CT molecular complexity index is 1770. The number of carbonyl (C=O) groups excluding carboxylic acids is 3. The van der Waals surface area contributed by atoms with Gasteiger partial charge in [0.05, 0.1) is 0 Å². The van der Waals surface area contributed by atoms with E-state index in [2.05, 4.69) is 203 Å². The molecule has 0 fully saturated rings. The fraction of sp³-hybridized carbons (Fsp3) is 0.507. The molecule has 0 aromatic carbocycles. The lowest BCUT2D eigenvalue weighted by Gasteiger charge is -2.18. The second-order valence-electron chi connectivity index (χ2n) is 17.7. The topological polar surface area (TPSA) is 78.9 Å². The SMILES string of the molecule is CC/C=C\C/C=C\C/C=C\C/C=C\C/C=C\C/C=C\C/C=C\CCCC(=O)OCC(COC(=O)CCCCC/C=C\C/C=C\C/C=C\CC)OC(=O)CCCCC/C=C\C/C=C\C/C=C\C/C=C\C/C=C\CC. The van der Waals surface area contributed by atoms with Gasteiger partial charge in [-0.1, -0.05) is 216 Å². The van der Waals surface area contributed by atoms with Crippen molar-refractivity contribution >= 4 is 17.9 Å². The van der Waals surface area contributed by atoms with Gasteiger partial charge < -0.3 is 14.2 Å². The van der Waals surface area contributed by atoms with Crippen molar-refractivity contribution in [1.82, 2.24) is 0 Å². The van der Waals surface area contributed by atoms with Crippen molar-refractivity contribution in [2.45, 2.75) is 207 Å². The largest absolute Gasteiger partial charge is 0.462 e. The molecule has 0 heterocycles. The van der Waals surface area contributed by atoms with Gasteiger partial charge in [-0.2, -0.15) is 0 Å². The Morgan fingerprint density at radius 3 is 0.795 bits per heavy atom. The Morgan fingerprint density at radius 1 is 0.274 bits per heavy atom. The van der Waals surface area contributed by atoms with Crippen LogP contribution in [0.3, 0.4) is 0 Å². The molecule has 1 atom stereocenters. The summed E-state index contributed by atoms with van der Waals surface area (Å²) in [6.07, 6.45) is 88.9. The fourth-order valence-electron chi connectivity index (χ4n) is 6.76. The van der Waals surface area contributed by atoms with Crippen LogP contribution >= 0.6 is 0 Å². The minimum absolute atomic E-state index is 0.135. The lowest BCUT2D eigenvalue weighted by Crippen LogP contribution is -2.30. The maximum atomic E-state index is 12.8. The molecule has 0 aromatic heterocycles. The first kappa shape index (κ1) is 67.5. The lowest BCUT2D eigenvalue weighted by molar-refractivity contribution is -0.167. The predicted octanol–water partition coefficient (Wildman–Crippen LogP) is 19.3. The average molecular weight is 1000 g/mol. The molecule has 0 rings (SSSR count). The molecule has 6 heteroatoms. The summed E-state index contributed by atoms with van der Waals surface area (Å²) in [5, 5.41) is 0. The van der Waals surface area contributed by atoms with E-state index in [9.17, 15) is 14.4 Å². The number of rotatable bonds is 48. The van der Waals surface area contributed by atoms with Crippen LogP contribution < -0.4 is 0 Å².